The van der Waals surface area contributed by atoms with Crippen LogP contribution in [0.25, 0.3) is 0 Å². The largest absolute Gasteiger partial charge is 0.347 e. The maximum atomic E-state index is 6.00. The van der Waals surface area contributed by atoms with Crippen molar-refractivity contribution in [1.82, 2.24) is 0 Å². The maximum Gasteiger partial charge on any atom is 0.172 e. The molecule has 1 aliphatic heterocycles. The Labute approximate surface area is 159 Å². The molecule has 0 aromatic rings. The quantitative estimate of drug-likeness (QED) is 0.542. The molecule has 5 aliphatic rings. The highest BCUT2D eigenvalue weighted by molar-refractivity contribution is 9.11. The molecule has 1 saturated carbocycles. The zero-order chi connectivity index (χ0) is 17.1. The molecule has 2 nitrogen and oxygen atoms in total. The summed E-state index contributed by atoms with van der Waals surface area (Å²) in [5.41, 5.74) is 5.53. The summed E-state index contributed by atoms with van der Waals surface area (Å²) in [6.07, 6.45) is 14.9. The molecule has 136 valence electrons. The van der Waals surface area contributed by atoms with E-state index >= 15 is 0 Å². The fourth-order valence-electron chi connectivity index (χ4n) is 6.74. The van der Waals surface area contributed by atoms with Gasteiger partial charge in [0.25, 0.3) is 0 Å². The van der Waals surface area contributed by atoms with Crippen molar-refractivity contribution in [3.05, 3.63) is 33.9 Å². The van der Waals surface area contributed by atoms with Gasteiger partial charge in [-0.2, -0.15) is 0 Å². The van der Waals surface area contributed by atoms with Gasteiger partial charge < -0.3 is 9.47 Å². The molecule has 5 rings (SSSR count). The summed E-state index contributed by atoms with van der Waals surface area (Å²) in [6.45, 7) is 4.10. The minimum atomic E-state index is -0.269. The van der Waals surface area contributed by atoms with Crippen LogP contribution in [0.15, 0.2) is 33.9 Å². The molecule has 1 heterocycles. The van der Waals surface area contributed by atoms with Crippen LogP contribution in [0.2, 0.25) is 0 Å². The van der Waals surface area contributed by atoms with Crippen LogP contribution in [0.1, 0.15) is 58.3 Å². The molecule has 0 aromatic heterocycles. The predicted molar refractivity (Wildman–Crippen MR) is 103 cm³/mol. The van der Waals surface area contributed by atoms with E-state index in [0.29, 0.717) is 5.41 Å². The summed E-state index contributed by atoms with van der Waals surface area (Å²) in [7, 11) is 0. The smallest absolute Gasteiger partial charge is 0.172 e. The summed E-state index contributed by atoms with van der Waals surface area (Å²) in [6, 6.07) is 0. The first-order valence-corrected chi connectivity index (χ1v) is 11.0. The van der Waals surface area contributed by atoms with Crippen molar-refractivity contribution in [1.29, 1.82) is 0 Å². The van der Waals surface area contributed by atoms with E-state index in [4.69, 9.17) is 9.47 Å². The standard InChI is InChI=1S/C22H29BrO2/c1-21-9-6-18-17-7-10-22(24-12-13-25-22)14-15(17)2-4-19(18)20(21)5-3-16(21)8-11-23/h6,8,11,16,19-20H,2-5,7,9-10,12-14H2,1H3/t16-,19-,20+,21-/m1/s1. The minimum absolute atomic E-state index is 0.269. The highest BCUT2D eigenvalue weighted by Crippen LogP contribution is 2.62. The first-order chi connectivity index (χ1) is 12.2. The van der Waals surface area contributed by atoms with Gasteiger partial charge in [0.2, 0.25) is 0 Å². The SMILES string of the molecule is C[C@]12CC=C3C4=C(CC[C@H]3[C@@H]1CC[C@@H]2C=CBr)CC1(CC4)OCCO1. The van der Waals surface area contributed by atoms with Crippen LogP contribution in [0.4, 0.5) is 0 Å². The third kappa shape index (κ3) is 2.49. The average molecular weight is 405 g/mol. The number of halogens is 1. The topological polar surface area (TPSA) is 18.5 Å². The lowest BCUT2D eigenvalue weighted by Gasteiger charge is -2.48. The zero-order valence-corrected chi connectivity index (χ0v) is 16.8. The molecular formula is C22H29BrO2. The normalized spacial score (nSPS) is 42.5. The van der Waals surface area contributed by atoms with Crippen LogP contribution in [0.5, 0.6) is 0 Å². The Hall–Kier alpha value is -0.380. The first-order valence-electron chi connectivity index (χ1n) is 10.1. The van der Waals surface area contributed by atoms with Gasteiger partial charge in [-0.3, -0.25) is 0 Å². The van der Waals surface area contributed by atoms with Crippen molar-refractivity contribution in [2.24, 2.45) is 23.2 Å². The van der Waals surface area contributed by atoms with Gasteiger partial charge in [0.1, 0.15) is 0 Å². The molecule has 0 N–H and O–H groups in total. The van der Waals surface area contributed by atoms with E-state index in [1.165, 1.54) is 32.1 Å². The van der Waals surface area contributed by atoms with E-state index in [0.717, 1.165) is 50.2 Å². The van der Waals surface area contributed by atoms with Crippen LogP contribution < -0.4 is 0 Å². The zero-order valence-electron chi connectivity index (χ0n) is 15.2. The molecule has 0 bridgehead atoms. The van der Waals surface area contributed by atoms with Gasteiger partial charge in [0, 0.05) is 12.8 Å². The second kappa shape index (κ2) is 6.07. The molecule has 2 fully saturated rings. The Kier molecular flexibility index (Phi) is 4.07. The van der Waals surface area contributed by atoms with Gasteiger partial charge in [-0.1, -0.05) is 40.6 Å². The number of ether oxygens (including phenoxy) is 2. The summed E-state index contributed by atoms with van der Waals surface area (Å²) < 4.78 is 12.0. The van der Waals surface area contributed by atoms with E-state index in [-0.39, 0.29) is 5.79 Å². The number of hydrogen-bond acceptors (Lipinski definition) is 2. The molecule has 4 atom stereocenters. The predicted octanol–water partition coefficient (Wildman–Crippen LogP) is 5.89. The first kappa shape index (κ1) is 16.8. The van der Waals surface area contributed by atoms with E-state index in [2.05, 4.69) is 40.0 Å². The molecule has 0 radical (unpaired) electrons. The molecule has 25 heavy (non-hydrogen) atoms. The molecule has 0 unspecified atom stereocenters. The third-order valence-electron chi connectivity index (χ3n) is 8.02. The van der Waals surface area contributed by atoms with Crippen molar-refractivity contribution in [3.8, 4) is 0 Å². The Morgan fingerprint density at radius 1 is 1.16 bits per heavy atom. The lowest BCUT2D eigenvalue weighted by Crippen LogP contribution is -2.40. The van der Waals surface area contributed by atoms with E-state index in [1.54, 1.807) is 16.7 Å². The molecule has 3 heteroatoms. The molecule has 0 aromatic carbocycles. The molecule has 1 spiro atoms. The van der Waals surface area contributed by atoms with Crippen molar-refractivity contribution < 1.29 is 9.47 Å². The van der Waals surface area contributed by atoms with Crippen LogP contribution in [0.3, 0.4) is 0 Å². The second-order valence-electron chi connectivity index (χ2n) is 8.99. The number of rotatable bonds is 1. The van der Waals surface area contributed by atoms with E-state index in [1.807, 2.05) is 0 Å². The highest BCUT2D eigenvalue weighted by atomic mass is 79.9. The van der Waals surface area contributed by atoms with Crippen LogP contribution in [0, 0.1) is 23.2 Å². The molecule has 4 aliphatic carbocycles. The van der Waals surface area contributed by atoms with Gasteiger partial charge in [-0.05, 0) is 77.8 Å². The van der Waals surface area contributed by atoms with Crippen LogP contribution >= 0.6 is 15.9 Å². The number of fused-ring (bicyclic) bond motifs is 4. The van der Waals surface area contributed by atoms with E-state index in [9.17, 15) is 0 Å². The highest BCUT2D eigenvalue weighted by Gasteiger charge is 2.52. The summed E-state index contributed by atoms with van der Waals surface area (Å²) >= 11 is 3.52. The van der Waals surface area contributed by atoms with Crippen LogP contribution in [-0.2, 0) is 9.47 Å². The average Bonchev–Trinajstić information content (AvgIpc) is 3.20. The monoisotopic (exact) mass is 404 g/mol. The van der Waals surface area contributed by atoms with Gasteiger partial charge in [-0.15, -0.1) is 0 Å². The van der Waals surface area contributed by atoms with Gasteiger partial charge in [0.05, 0.1) is 13.2 Å². The Morgan fingerprint density at radius 2 is 2.00 bits per heavy atom. The number of allylic oxidation sites excluding steroid dienone is 4. The van der Waals surface area contributed by atoms with Crippen LogP contribution in [-0.4, -0.2) is 19.0 Å². The summed E-state index contributed by atoms with van der Waals surface area (Å²) in [5.74, 6) is 2.13. The second-order valence-corrected chi connectivity index (χ2v) is 9.52. The Balaban J connectivity index is 1.46. The summed E-state index contributed by atoms with van der Waals surface area (Å²) in [4.78, 5) is 2.09. The van der Waals surface area contributed by atoms with Gasteiger partial charge >= 0.3 is 0 Å². The van der Waals surface area contributed by atoms with Gasteiger partial charge in [0.15, 0.2) is 5.79 Å². The van der Waals surface area contributed by atoms with Crippen molar-refractivity contribution in [3.63, 3.8) is 0 Å². The van der Waals surface area contributed by atoms with Crippen molar-refractivity contribution in [2.45, 2.75) is 64.1 Å². The Bertz CT molecular complexity index is 655. The van der Waals surface area contributed by atoms with Crippen molar-refractivity contribution >= 4 is 15.9 Å². The number of hydrogen-bond donors (Lipinski definition) is 0. The molecule has 1 saturated heterocycles. The Morgan fingerprint density at radius 3 is 2.80 bits per heavy atom. The lowest BCUT2D eigenvalue weighted by atomic mass is 9.57. The molecular weight excluding hydrogens is 376 g/mol. The third-order valence-corrected chi connectivity index (χ3v) is 8.32. The van der Waals surface area contributed by atoms with Crippen molar-refractivity contribution in [2.75, 3.05) is 13.2 Å². The van der Waals surface area contributed by atoms with E-state index < -0.39 is 0 Å². The fourth-order valence-corrected chi connectivity index (χ4v) is 7.10. The molecule has 0 amide bonds. The van der Waals surface area contributed by atoms with Gasteiger partial charge in [-0.25, -0.2) is 0 Å². The summed E-state index contributed by atoms with van der Waals surface area (Å²) in [5, 5.41) is 0. The lowest BCUT2D eigenvalue weighted by molar-refractivity contribution is -0.164. The minimum Gasteiger partial charge on any atom is -0.347 e. The fraction of sp³-hybridized carbons (Fsp3) is 0.727. The maximum absolute atomic E-state index is 6.00.